The molecule has 0 aliphatic heterocycles. The van der Waals surface area contributed by atoms with Crippen molar-refractivity contribution in [3.05, 3.63) is 83.9 Å². The first-order valence-electron chi connectivity index (χ1n) is 12.8. The molecule has 202 valence electrons. The number of hydrogen-bond donors (Lipinski definition) is 2. The van der Waals surface area contributed by atoms with E-state index < -0.39 is 0 Å². The Balaban J connectivity index is 1.59. The number of anilines is 1. The van der Waals surface area contributed by atoms with E-state index >= 15 is 0 Å². The first-order valence-corrected chi connectivity index (χ1v) is 12.8. The van der Waals surface area contributed by atoms with Crippen molar-refractivity contribution in [1.29, 1.82) is 0 Å². The third kappa shape index (κ3) is 8.16. The van der Waals surface area contributed by atoms with Gasteiger partial charge in [-0.1, -0.05) is 36.4 Å². The van der Waals surface area contributed by atoms with Gasteiger partial charge < -0.3 is 29.7 Å². The molecule has 3 aromatic carbocycles. The van der Waals surface area contributed by atoms with Crippen LogP contribution in [-0.4, -0.2) is 50.8 Å². The van der Waals surface area contributed by atoms with E-state index in [1.807, 2.05) is 74.5 Å². The van der Waals surface area contributed by atoms with E-state index in [0.29, 0.717) is 36.8 Å². The molecule has 38 heavy (non-hydrogen) atoms. The lowest BCUT2D eigenvalue weighted by molar-refractivity contribution is -0.121. The minimum atomic E-state index is -0.274. The Morgan fingerprint density at radius 3 is 2.29 bits per heavy atom. The number of amides is 3. The zero-order chi connectivity index (χ0) is 27.3. The summed E-state index contributed by atoms with van der Waals surface area (Å²) in [6, 6.07) is 22.2. The molecule has 0 heterocycles. The Morgan fingerprint density at radius 1 is 0.921 bits per heavy atom. The van der Waals surface area contributed by atoms with Gasteiger partial charge in [0.1, 0.15) is 5.75 Å². The van der Waals surface area contributed by atoms with Gasteiger partial charge in [0.2, 0.25) is 5.91 Å². The van der Waals surface area contributed by atoms with Gasteiger partial charge in [-0.05, 0) is 67.8 Å². The standard InChI is InChI=1S/C30H37N3O5/c1-5-38-26-14-12-25(13-15-26)32-30(35)33(22(2)24-9-7-6-8-10-24)20-18-29(34)31-19-17-23-11-16-27(36-3)28(21-23)37-4/h6-16,21-22H,5,17-20H2,1-4H3,(H,31,34)(H,32,35). The van der Waals surface area contributed by atoms with Crippen LogP contribution >= 0.6 is 0 Å². The summed E-state index contributed by atoms with van der Waals surface area (Å²) in [6.45, 7) is 5.19. The van der Waals surface area contributed by atoms with Gasteiger partial charge >= 0.3 is 6.03 Å². The topological polar surface area (TPSA) is 89.1 Å². The summed E-state index contributed by atoms with van der Waals surface area (Å²) in [5.41, 5.74) is 2.67. The number of methoxy groups -OCH3 is 2. The maximum absolute atomic E-state index is 13.3. The molecule has 0 saturated carbocycles. The van der Waals surface area contributed by atoms with Crippen molar-refractivity contribution in [3.63, 3.8) is 0 Å². The second kappa shape index (κ2) is 14.5. The zero-order valence-corrected chi connectivity index (χ0v) is 22.5. The lowest BCUT2D eigenvalue weighted by atomic mass is 10.1. The second-order valence-corrected chi connectivity index (χ2v) is 8.71. The van der Waals surface area contributed by atoms with Crippen molar-refractivity contribution in [3.8, 4) is 17.2 Å². The number of nitrogens with zero attached hydrogens (tertiary/aromatic N) is 1. The molecule has 8 nitrogen and oxygen atoms in total. The number of urea groups is 1. The molecular weight excluding hydrogens is 482 g/mol. The van der Waals surface area contributed by atoms with Gasteiger partial charge in [-0.15, -0.1) is 0 Å². The van der Waals surface area contributed by atoms with Crippen molar-refractivity contribution >= 4 is 17.6 Å². The van der Waals surface area contributed by atoms with Crippen LogP contribution in [0.5, 0.6) is 17.2 Å². The molecule has 0 spiro atoms. The average Bonchev–Trinajstić information content (AvgIpc) is 2.94. The summed E-state index contributed by atoms with van der Waals surface area (Å²) in [7, 11) is 3.19. The quantitative estimate of drug-likeness (QED) is 0.314. The fraction of sp³-hybridized carbons (Fsp3) is 0.333. The summed E-state index contributed by atoms with van der Waals surface area (Å²) in [5, 5.41) is 5.90. The van der Waals surface area contributed by atoms with E-state index in [-0.39, 0.29) is 30.9 Å². The summed E-state index contributed by atoms with van der Waals surface area (Å²) in [5.74, 6) is 1.94. The van der Waals surface area contributed by atoms with Crippen molar-refractivity contribution in [2.45, 2.75) is 32.7 Å². The van der Waals surface area contributed by atoms with Gasteiger partial charge in [0, 0.05) is 25.2 Å². The zero-order valence-electron chi connectivity index (χ0n) is 22.5. The van der Waals surface area contributed by atoms with Gasteiger partial charge in [-0.25, -0.2) is 4.79 Å². The smallest absolute Gasteiger partial charge is 0.322 e. The van der Waals surface area contributed by atoms with Gasteiger partial charge in [0.25, 0.3) is 0 Å². The number of carbonyl (C=O) groups is 2. The average molecular weight is 520 g/mol. The van der Waals surface area contributed by atoms with Gasteiger partial charge in [0.15, 0.2) is 11.5 Å². The summed E-state index contributed by atoms with van der Waals surface area (Å²) >= 11 is 0. The number of nitrogens with one attached hydrogen (secondary N) is 2. The summed E-state index contributed by atoms with van der Waals surface area (Å²) in [6.07, 6.45) is 0.828. The van der Waals surface area contributed by atoms with E-state index in [2.05, 4.69) is 10.6 Å². The van der Waals surface area contributed by atoms with E-state index in [1.54, 1.807) is 31.3 Å². The fourth-order valence-electron chi connectivity index (χ4n) is 4.07. The monoisotopic (exact) mass is 519 g/mol. The third-order valence-electron chi connectivity index (χ3n) is 6.19. The normalized spacial score (nSPS) is 11.3. The number of carbonyl (C=O) groups excluding carboxylic acids is 2. The maximum atomic E-state index is 13.3. The highest BCUT2D eigenvalue weighted by Crippen LogP contribution is 2.27. The number of hydrogen-bond acceptors (Lipinski definition) is 5. The van der Waals surface area contributed by atoms with Crippen LogP contribution in [-0.2, 0) is 11.2 Å². The summed E-state index contributed by atoms with van der Waals surface area (Å²) in [4.78, 5) is 27.6. The highest BCUT2D eigenvalue weighted by Gasteiger charge is 2.22. The SMILES string of the molecule is CCOc1ccc(NC(=O)N(CCC(=O)NCCc2ccc(OC)c(OC)c2)C(C)c2ccccc2)cc1. The Morgan fingerprint density at radius 2 is 1.63 bits per heavy atom. The molecular formula is C30H37N3O5. The fourth-order valence-corrected chi connectivity index (χ4v) is 4.07. The molecule has 8 heteroatoms. The van der Waals surface area contributed by atoms with Crippen molar-refractivity contribution in [2.75, 3.05) is 39.2 Å². The predicted octanol–water partition coefficient (Wildman–Crippen LogP) is 5.45. The molecule has 0 aliphatic rings. The second-order valence-electron chi connectivity index (χ2n) is 8.71. The molecule has 1 unspecified atom stereocenters. The number of ether oxygens (including phenoxy) is 3. The Labute approximate surface area is 224 Å². The molecule has 1 atom stereocenters. The van der Waals surface area contributed by atoms with Crippen molar-refractivity contribution in [1.82, 2.24) is 10.2 Å². The molecule has 0 saturated heterocycles. The molecule has 0 fully saturated rings. The van der Waals surface area contributed by atoms with E-state index in [4.69, 9.17) is 14.2 Å². The van der Waals surface area contributed by atoms with Crippen LogP contribution in [0.1, 0.15) is 37.4 Å². The number of rotatable bonds is 13. The molecule has 3 rings (SSSR count). The van der Waals surface area contributed by atoms with Crippen molar-refractivity contribution < 1.29 is 23.8 Å². The minimum Gasteiger partial charge on any atom is -0.494 e. The lowest BCUT2D eigenvalue weighted by Gasteiger charge is -2.29. The van der Waals surface area contributed by atoms with Crippen LogP contribution in [0.25, 0.3) is 0 Å². The molecule has 2 N–H and O–H groups in total. The number of benzene rings is 3. The van der Waals surface area contributed by atoms with Crippen LogP contribution < -0.4 is 24.8 Å². The minimum absolute atomic E-state index is 0.121. The van der Waals surface area contributed by atoms with Crippen LogP contribution in [0.2, 0.25) is 0 Å². The lowest BCUT2D eigenvalue weighted by Crippen LogP contribution is -2.40. The first-order chi connectivity index (χ1) is 18.4. The van der Waals surface area contributed by atoms with Crippen LogP contribution in [0.4, 0.5) is 10.5 Å². The molecule has 0 aliphatic carbocycles. The Bertz CT molecular complexity index is 1170. The van der Waals surface area contributed by atoms with Gasteiger partial charge in [-0.2, -0.15) is 0 Å². The highest BCUT2D eigenvalue weighted by atomic mass is 16.5. The third-order valence-corrected chi connectivity index (χ3v) is 6.19. The van der Waals surface area contributed by atoms with Gasteiger partial charge in [0.05, 0.1) is 26.9 Å². The Kier molecular flexibility index (Phi) is 10.8. The summed E-state index contributed by atoms with van der Waals surface area (Å²) < 4.78 is 16.1. The van der Waals surface area contributed by atoms with E-state index in [1.165, 1.54) is 0 Å². The maximum Gasteiger partial charge on any atom is 0.322 e. The van der Waals surface area contributed by atoms with E-state index in [0.717, 1.165) is 16.9 Å². The molecule has 0 radical (unpaired) electrons. The van der Waals surface area contributed by atoms with Crippen LogP contribution in [0.15, 0.2) is 72.8 Å². The molecule has 0 aromatic heterocycles. The molecule has 0 bridgehead atoms. The van der Waals surface area contributed by atoms with Gasteiger partial charge in [-0.3, -0.25) is 4.79 Å². The van der Waals surface area contributed by atoms with Crippen LogP contribution in [0, 0.1) is 0 Å². The van der Waals surface area contributed by atoms with Crippen molar-refractivity contribution in [2.24, 2.45) is 0 Å². The predicted molar refractivity (Wildman–Crippen MR) is 149 cm³/mol. The largest absolute Gasteiger partial charge is 0.494 e. The Hall–Kier alpha value is -4.20. The van der Waals surface area contributed by atoms with Crippen LogP contribution in [0.3, 0.4) is 0 Å². The molecule has 3 amide bonds. The van der Waals surface area contributed by atoms with E-state index in [9.17, 15) is 9.59 Å². The first kappa shape index (κ1) is 28.4. The molecule has 3 aromatic rings. The highest BCUT2D eigenvalue weighted by molar-refractivity contribution is 5.90.